The molecule has 17 heavy (non-hydrogen) atoms. The Bertz CT molecular complexity index is 419. The SMILES string of the molecule is COc1ccc(Cl)cc1CNC(C)(C)C(N)=O. The molecule has 0 radical (unpaired) electrons. The second-order valence-electron chi connectivity index (χ2n) is 4.30. The van der Waals surface area contributed by atoms with Crippen molar-refractivity contribution in [2.45, 2.75) is 25.9 Å². The zero-order valence-electron chi connectivity index (χ0n) is 10.2. The van der Waals surface area contributed by atoms with Gasteiger partial charge in [0.25, 0.3) is 0 Å². The highest BCUT2D eigenvalue weighted by Crippen LogP contribution is 2.22. The number of nitrogens with one attached hydrogen (secondary N) is 1. The zero-order valence-corrected chi connectivity index (χ0v) is 11.0. The molecule has 0 unspecified atom stereocenters. The number of carbonyl (C=O) groups excluding carboxylic acids is 1. The predicted octanol–water partition coefficient (Wildman–Crippen LogP) is 1.70. The highest BCUT2D eigenvalue weighted by atomic mass is 35.5. The smallest absolute Gasteiger partial charge is 0.237 e. The Balaban J connectivity index is 2.81. The molecule has 0 saturated heterocycles. The Morgan fingerprint density at radius 1 is 1.53 bits per heavy atom. The van der Waals surface area contributed by atoms with Gasteiger partial charge in [-0.15, -0.1) is 0 Å². The molecule has 4 nitrogen and oxygen atoms in total. The number of hydrogen-bond acceptors (Lipinski definition) is 3. The lowest BCUT2D eigenvalue weighted by Crippen LogP contribution is -2.50. The van der Waals surface area contributed by atoms with Crippen molar-refractivity contribution in [2.24, 2.45) is 5.73 Å². The average molecular weight is 257 g/mol. The first-order valence-electron chi connectivity index (χ1n) is 5.24. The Hall–Kier alpha value is -1.26. The van der Waals surface area contributed by atoms with Crippen LogP contribution in [-0.4, -0.2) is 18.6 Å². The number of benzene rings is 1. The van der Waals surface area contributed by atoms with E-state index in [2.05, 4.69) is 5.32 Å². The van der Waals surface area contributed by atoms with E-state index in [1.807, 2.05) is 0 Å². The minimum atomic E-state index is -0.771. The molecule has 1 aromatic carbocycles. The Morgan fingerprint density at radius 3 is 2.71 bits per heavy atom. The van der Waals surface area contributed by atoms with Gasteiger partial charge < -0.3 is 10.5 Å². The fraction of sp³-hybridized carbons (Fsp3) is 0.417. The van der Waals surface area contributed by atoms with Gasteiger partial charge in [0.05, 0.1) is 12.6 Å². The predicted molar refractivity (Wildman–Crippen MR) is 68.1 cm³/mol. The number of hydrogen-bond donors (Lipinski definition) is 2. The topological polar surface area (TPSA) is 64.3 Å². The Morgan fingerprint density at radius 2 is 2.18 bits per heavy atom. The van der Waals surface area contributed by atoms with Gasteiger partial charge in [-0.05, 0) is 32.0 Å². The third-order valence-corrected chi connectivity index (χ3v) is 2.81. The van der Waals surface area contributed by atoms with Crippen LogP contribution in [0.2, 0.25) is 5.02 Å². The highest BCUT2D eigenvalue weighted by Gasteiger charge is 2.24. The molecule has 0 heterocycles. The van der Waals surface area contributed by atoms with Crippen LogP contribution in [0.15, 0.2) is 18.2 Å². The first kappa shape index (κ1) is 13.8. The Labute approximate surface area is 106 Å². The largest absolute Gasteiger partial charge is 0.496 e. The molecule has 94 valence electrons. The Kier molecular flexibility index (Phi) is 4.37. The molecule has 0 spiro atoms. The molecule has 5 heteroatoms. The molecule has 0 aromatic heterocycles. The molecule has 0 saturated carbocycles. The maximum absolute atomic E-state index is 11.2. The lowest BCUT2D eigenvalue weighted by atomic mass is 10.0. The quantitative estimate of drug-likeness (QED) is 0.843. The second-order valence-corrected chi connectivity index (χ2v) is 4.74. The van der Waals surface area contributed by atoms with Gasteiger partial charge in [0.1, 0.15) is 5.75 Å². The van der Waals surface area contributed by atoms with E-state index >= 15 is 0 Å². The van der Waals surface area contributed by atoms with Gasteiger partial charge in [-0.1, -0.05) is 11.6 Å². The van der Waals surface area contributed by atoms with Crippen molar-refractivity contribution in [1.29, 1.82) is 0 Å². The number of nitrogens with two attached hydrogens (primary N) is 1. The number of rotatable bonds is 5. The van der Waals surface area contributed by atoms with E-state index in [4.69, 9.17) is 22.1 Å². The number of methoxy groups -OCH3 is 1. The van der Waals surface area contributed by atoms with Crippen LogP contribution in [0.5, 0.6) is 5.75 Å². The number of halogens is 1. The molecule has 1 aromatic rings. The summed E-state index contributed by atoms with van der Waals surface area (Å²) < 4.78 is 5.21. The lowest BCUT2D eigenvalue weighted by Gasteiger charge is -2.23. The second kappa shape index (κ2) is 5.38. The number of primary amides is 1. The van der Waals surface area contributed by atoms with Crippen molar-refractivity contribution in [2.75, 3.05) is 7.11 Å². The van der Waals surface area contributed by atoms with E-state index in [0.717, 1.165) is 11.3 Å². The molecular weight excluding hydrogens is 240 g/mol. The standard InChI is InChI=1S/C12H17ClN2O2/c1-12(2,11(14)16)15-7-8-6-9(13)4-5-10(8)17-3/h4-6,15H,7H2,1-3H3,(H2,14,16). The summed E-state index contributed by atoms with van der Waals surface area (Å²) in [5, 5.41) is 3.69. The lowest BCUT2D eigenvalue weighted by molar-refractivity contribution is -0.123. The van der Waals surface area contributed by atoms with Crippen molar-refractivity contribution in [3.63, 3.8) is 0 Å². The van der Waals surface area contributed by atoms with Crippen molar-refractivity contribution in [3.8, 4) is 5.75 Å². The molecule has 0 aliphatic heterocycles. The molecule has 0 atom stereocenters. The molecule has 3 N–H and O–H groups in total. The molecule has 0 bridgehead atoms. The van der Waals surface area contributed by atoms with Crippen LogP contribution in [0.3, 0.4) is 0 Å². The van der Waals surface area contributed by atoms with Crippen molar-refractivity contribution >= 4 is 17.5 Å². The maximum atomic E-state index is 11.2. The summed E-state index contributed by atoms with van der Waals surface area (Å²) in [7, 11) is 1.59. The summed E-state index contributed by atoms with van der Waals surface area (Å²) >= 11 is 5.91. The summed E-state index contributed by atoms with van der Waals surface area (Å²) in [6.45, 7) is 3.92. The van der Waals surface area contributed by atoms with Crippen LogP contribution in [0.4, 0.5) is 0 Å². The van der Waals surface area contributed by atoms with Crippen LogP contribution in [-0.2, 0) is 11.3 Å². The number of carbonyl (C=O) groups is 1. The van der Waals surface area contributed by atoms with Crippen LogP contribution < -0.4 is 15.8 Å². The highest BCUT2D eigenvalue weighted by molar-refractivity contribution is 6.30. The third-order valence-electron chi connectivity index (χ3n) is 2.58. The summed E-state index contributed by atoms with van der Waals surface area (Å²) in [4.78, 5) is 11.2. The first-order valence-corrected chi connectivity index (χ1v) is 5.62. The molecule has 0 aliphatic carbocycles. The van der Waals surface area contributed by atoms with Crippen molar-refractivity contribution < 1.29 is 9.53 Å². The number of ether oxygens (including phenoxy) is 1. The molecule has 1 rings (SSSR count). The zero-order chi connectivity index (χ0) is 13.1. The van der Waals surface area contributed by atoms with Crippen LogP contribution in [0, 0.1) is 0 Å². The van der Waals surface area contributed by atoms with E-state index in [1.165, 1.54) is 0 Å². The fourth-order valence-corrected chi connectivity index (χ4v) is 1.48. The van der Waals surface area contributed by atoms with Crippen LogP contribution in [0.1, 0.15) is 19.4 Å². The molecule has 0 aliphatic rings. The van der Waals surface area contributed by atoms with Gasteiger partial charge in [-0.25, -0.2) is 0 Å². The van der Waals surface area contributed by atoms with Crippen molar-refractivity contribution in [3.05, 3.63) is 28.8 Å². The summed E-state index contributed by atoms with van der Waals surface area (Å²) in [6, 6.07) is 5.34. The summed E-state index contributed by atoms with van der Waals surface area (Å²) in [5.74, 6) is 0.320. The summed E-state index contributed by atoms with van der Waals surface area (Å²) in [5.41, 5.74) is 5.39. The normalized spacial score (nSPS) is 11.3. The van der Waals surface area contributed by atoms with E-state index in [9.17, 15) is 4.79 Å². The monoisotopic (exact) mass is 256 g/mol. The van der Waals surface area contributed by atoms with Gasteiger partial charge in [0, 0.05) is 17.1 Å². The minimum Gasteiger partial charge on any atom is -0.496 e. The molecular formula is C12H17ClN2O2. The minimum absolute atomic E-state index is 0.404. The fourth-order valence-electron chi connectivity index (χ4n) is 1.29. The van der Waals surface area contributed by atoms with Gasteiger partial charge >= 0.3 is 0 Å². The van der Waals surface area contributed by atoms with Crippen LogP contribution >= 0.6 is 11.6 Å². The van der Waals surface area contributed by atoms with Gasteiger partial charge in [-0.3, -0.25) is 10.1 Å². The van der Waals surface area contributed by atoms with E-state index < -0.39 is 11.4 Å². The van der Waals surface area contributed by atoms with E-state index in [0.29, 0.717) is 11.6 Å². The van der Waals surface area contributed by atoms with Gasteiger partial charge in [0.2, 0.25) is 5.91 Å². The molecule has 1 amide bonds. The third kappa shape index (κ3) is 3.61. The van der Waals surface area contributed by atoms with Crippen molar-refractivity contribution in [1.82, 2.24) is 5.32 Å². The average Bonchev–Trinajstić information content (AvgIpc) is 2.26. The van der Waals surface area contributed by atoms with E-state index in [-0.39, 0.29) is 0 Å². The maximum Gasteiger partial charge on any atom is 0.237 e. The van der Waals surface area contributed by atoms with Crippen LogP contribution in [0.25, 0.3) is 0 Å². The van der Waals surface area contributed by atoms with E-state index in [1.54, 1.807) is 39.2 Å². The number of amides is 1. The summed E-state index contributed by atoms with van der Waals surface area (Å²) in [6.07, 6.45) is 0. The van der Waals surface area contributed by atoms with Gasteiger partial charge in [-0.2, -0.15) is 0 Å². The first-order chi connectivity index (χ1) is 7.86. The van der Waals surface area contributed by atoms with Gasteiger partial charge in [0.15, 0.2) is 0 Å². The molecule has 0 fully saturated rings.